The minimum atomic E-state index is -4.64. The van der Waals surface area contributed by atoms with Crippen LogP contribution in [0.25, 0.3) is 0 Å². The highest BCUT2D eigenvalue weighted by Gasteiger charge is 2.00. The van der Waals surface area contributed by atoms with Gasteiger partial charge in [0.05, 0.1) is 0 Å². The Labute approximate surface area is 280 Å². The molecule has 0 fully saturated rings. The van der Waals surface area contributed by atoms with E-state index in [-0.39, 0.29) is 0 Å². The predicted molar refractivity (Wildman–Crippen MR) is 201 cm³/mol. The van der Waals surface area contributed by atoms with Crippen LogP contribution < -0.4 is 0 Å². The first-order valence-electron chi connectivity index (χ1n) is 18.8. The van der Waals surface area contributed by atoms with E-state index in [1.54, 1.807) is 0 Å². The van der Waals surface area contributed by atoms with Crippen LogP contribution in [0.1, 0.15) is 207 Å². The zero-order valence-corrected chi connectivity index (χ0v) is 32.2. The topological polar surface area (TPSA) is 77.8 Å². The van der Waals surface area contributed by atoms with Crippen LogP contribution in [0.4, 0.5) is 0 Å². The largest absolute Gasteiger partial charge is 0.466 e. The van der Waals surface area contributed by atoms with E-state index < -0.39 is 7.82 Å². The molecule has 0 aliphatic heterocycles. The Hall–Kier alpha value is 0.810. The molecule has 0 radical (unpaired) electrons. The molecule has 0 bridgehead atoms. The molecule has 0 spiro atoms. The second-order valence-electron chi connectivity index (χ2n) is 12.1. The van der Waals surface area contributed by atoms with Gasteiger partial charge in [0.1, 0.15) is 0 Å². The zero-order valence-electron chi connectivity index (χ0n) is 29.6. The fraction of sp³-hybridized carbons (Fsp3) is 1.00. The molecule has 0 amide bonds. The number of rotatable bonds is 32. The molecule has 0 aromatic rings. The highest BCUT2D eigenvalue weighted by molar-refractivity contribution is 7.99. The highest BCUT2D eigenvalue weighted by atomic mass is 32.2. The molecule has 3 N–H and O–H groups in total. The summed E-state index contributed by atoms with van der Waals surface area (Å²) >= 11 is 4.18. The molecular formula is C36H79O4PS2. The Bertz CT molecular complexity index is 431. The summed E-state index contributed by atoms with van der Waals surface area (Å²) in [5.41, 5.74) is 0. The molecular weight excluding hydrogens is 592 g/mol. The molecule has 0 aliphatic rings. The smallest absolute Gasteiger partial charge is 0.303 e. The van der Waals surface area contributed by atoms with Crippen LogP contribution in [0.15, 0.2) is 0 Å². The van der Waals surface area contributed by atoms with Gasteiger partial charge in [-0.3, -0.25) is 0 Å². The lowest BCUT2D eigenvalue weighted by atomic mass is 10.0. The van der Waals surface area contributed by atoms with Gasteiger partial charge in [-0.1, -0.05) is 195 Å². The Morgan fingerprint density at radius 3 is 0.674 bits per heavy atom. The lowest BCUT2D eigenvalue weighted by Crippen LogP contribution is -1.84. The summed E-state index contributed by atoms with van der Waals surface area (Å²) < 4.78 is 8.88. The lowest BCUT2D eigenvalue weighted by molar-refractivity contribution is 0.275. The molecule has 0 saturated heterocycles. The van der Waals surface area contributed by atoms with Gasteiger partial charge in [0.15, 0.2) is 0 Å². The molecule has 0 aromatic heterocycles. The zero-order chi connectivity index (χ0) is 32.5. The average Bonchev–Trinajstić information content (AvgIpc) is 2.97. The van der Waals surface area contributed by atoms with Crippen molar-refractivity contribution in [1.29, 1.82) is 0 Å². The standard InChI is InChI=1S/2C18H38S.H3O4P/c2*1-3-5-6-7-8-9-10-11-12-13-14-15-16-17-18-19-4-2;1-5(2,3)4/h2*3-18H2,1-2H3;(H3,1,2,3,4). The third kappa shape index (κ3) is 66.2. The average molecular weight is 671 g/mol. The highest BCUT2D eigenvalue weighted by Crippen LogP contribution is 2.25. The molecule has 43 heavy (non-hydrogen) atoms. The number of hydrogen-bond donors (Lipinski definition) is 3. The Balaban J connectivity index is -0.000000642. The fourth-order valence-corrected chi connectivity index (χ4v) is 6.48. The number of unbranched alkanes of at least 4 members (excludes halogenated alkanes) is 26. The number of phosphoric acid groups is 1. The van der Waals surface area contributed by atoms with Crippen LogP contribution >= 0.6 is 31.3 Å². The van der Waals surface area contributed by atoms with Crippen molar-refractivity contribution in [2.45, 2.75) is 207 Å². The van der Waals surface area contributed by atoms with Crippen molar-refractivity contribution in [2.75, 3.05) is 23.0 Å². The van der Waals surface area contributed by atoms with Crippen molar-refractivity contribution < 1.29 is 19.2 Å². The minimum Gasteiger partial charge on any atom is -0.303 e. The minimum absolute atomic E-state index is 1.29. The molecule has 0 heterocycles. The summed E-state index contributed by atoms with van der Waals surface area (Å²) in [5.74, 6) is 5.35. The molecule has 4 nitrogen and oxygen atoms in total. The van der Waals surface area contributed by atoms with E-state index in [0.717, 1.165) is 0 Å². The molecule has 264 valence electrons. The molecule has 0 saturated carbocycles. The Kier molecular flexibility index (Phi) is 50.4. The van der Waals surface area contributed by atoms with Crippen LogP contribution in [0.2, 0.25) is 0 Å². The van der Waals surface area contributed by atoms with Crippen molar-refractivity contribution in [3.8, 4) is 0 Å². The van der Waals surface area contributed by atoms with Crippen molar-refractivity contribution in [3.63, 3.8) is 0 Å². The summed E-state index contributed by atoms with van der Waals surface area (Å²) in [6, 6.07) is 0. The summed E-state index contributed by atoms with van der Waals surface area (Å²) in [5, 5.41) is 0. The van der Waals surface area contributed by atoms with Crippen molar-refractivity contribution in [2.24, 2.45) is 0 Å². The van der Waals surface area contributed by atoms with Crippen LogP contribution in [0.5, 0.6) is 0 Å². The van der Waals surface area contributed by atoms with Crippen molar-refractivity contribution in [1.82, 2.24) is 0 Å². The van der Waals surface area contributed by atoms with Gasteiger partial charge in [0.25, 0.3) is 0 Å². The van der Waals surface area contributed by atoms with E-state index in [9.17, 15) is 0 Å². The van der Waals surface area contributed by atoms with Gasteiger partial charge in [0.2, 0.25) is 0 Å². The van der Waals surface area contributed by atoms with Gasteiger partial charge in [0, 0.05) is 0 Å². The van der Waals surface area contributed by atoms with E-state index in [4.69, 9.17) is 19.2 Å². The van der Waals surface area contributed by atoms with Gasteiger partial charge in [-0.05, 0) is 35.9 Å². The van der Waals surface area contributed by atoms with E-state index in [2.05, 4.69) is 51.2 Å². The molecule has 0 aromatic carbocycles. The maximum atomic E-state index is 8.88. The van der Waals surface area contributed by atoms with Crippen LogP contribution in [0.3, 0.4) is 0 Å². The molecule has 0 rings (SSSR count). The predicted octanol–water partition coefficient (Wildman–Crippen LogP) is 13.5. The first-order valence-corrected chi connectivity index (χ1v) is 22.6. The maximum Gasteiger partial charge on any atom is 0.466 e. The van der Waals surface area contributed by atoms with Crippen LogP contribution in [-0.4, -0.2) is 37.7 Å². The second kappa shape index (κ2) is 44.9. The number of hydrogen-bond acceptors (Lipinski definition) is 3. The Morgan fingerprint density at radius 2 is 0.512 bits per heavy atom. The summed E-state index contributed by atoms with van der Waals surface area (Å²) in [7, 11) is -4.64. The van der Waals surface area contributed by atoms with Gasteiger partial charge in [-0.25, -0.2) is 4.57 Å². The summed E-state index contributed by atoms with van der Waals surface area (Å²) in [6.45, 7) is 9.11. The third-order valence-electron chi connectivity index (χ3n) is 7.69. The van der Waals surface area contributed by atoms with E-state index in [1.165, 1.54) is 203 Å². The van der Waals surface area contributed by atoms with Crippen LogP contribution in [-0.2, 0) is 4.57 Å². The molecule has 0 aliphatic carbocycles. The van der Waals surface area contributed by atoms with Gasteiger partial charge < -0.3 is 14.7 Å². The number of thioether (sulfide) groups is 2. The van der Waals surface area contributed by atoms with Gasteiger partial charge in [-0.15, -0.1) is 0 Å². The molecule has 0 atom stereocenters. The van der Waals surface area contributed by atoms with Crippen molar-refractivity contribution in [3.05, 3.63) is 0 Å². The first kappa shape index (κ1) is 48.2. The van der Waals surface area contributed by atoms with Crippen LogP contribution in [0, 0.1) is 0 Å². The quantitative estimate of drug-likeness (QED) is 0.0488. The normalized spacial score (nSPS) is 11.1. The molecule has 0 unspecified atom stereocenters. The lowest BCUT2D eigenvalue weighted by Gasteiger charge is -2.03. The third-order valence-corrected chi connectivity index (χ3v) is 9.66. The monoisotopic (exact) mass is 671 g/mol. The van der Waals surface area contributed by atoms with E-state index >= 15 is 0 Å². The summed E-state index contributed by atoms with van der Waals surface area (Å²) in [6.07, 6.45) is 41.0. The Morgan fingerprint density at radius 1 is 0.349 bits per heavy atom. The second-order valence-corrected chi connectivity index (χ2v) is 15.9. The van der Waals surface area contributed by atoms with Crippen molar-refractivity contribution >= 4 is 31.3 Å². The van der Waals surface area contributed by atoms with Gasteiger partial charge in [-0.2, -0.15) is 23.5 Å². The van der Waals surface area contributed by atoms with E-state index in [1.807, 2.05) is 0 Å². The first-order chi connectivity index (χ1) is 20.8. The fourth-order valence-electron chi connectivity index (χ4n) is 5.09. The van der Waals surface area contributed by atoms with E-state index in [0.29, 0.717) is 0 Å². The molecule has 7 heteroatoms. The maximum absolute atomic E-state index is 8.88. The summed E-state index contributed by atoms with van der Waals surface area (Å²) in [4.78, 5) is 21.6. The SMILES string of the molecule is CCCCCCCCCCCCCCCCSCC.CCCCCCCCCCCCCCCCSCC.O=P(O)(O)O. The van der Waals surface area contributed by atoms with Gasteiger partial charge >= 0.3 is 7.82 Å².